The van der Waals surface area contributed by atoms with Crippen LogP contribution >= 0.6 is 15.9 Å². The van der Waals surface area contributed by atoms with Gasteiger partial charge in [-0.1, -0.05) is 44.9 Å². The summed E-state index contributed by atoms with van der Waals surface area (Å²) in [6.45, 7) is 2.11. The van der Waals surface area contributed by atoms with Gasteiger partial charge in [0, 0.05) is 6.04 Å². The largest absolute Gasteiger partial charge is 0.381 e. The molecule has 2 nitrogen and oxygen atoms in total. The maximum atomic E-state index is 4.44. The van der Waals surface area contributed by atoms with Crippen LogP contribution in [-0.4, -0.2) is 11.0 Å². The third kappa shape index (κ3) is 3.80. The number of halogens is 1. The fourth-order valence-corrected chi connectivity index (χ4v) is 4.53. The van der Waals surface area contributed by atoms with Crippen LogP contribution in [0, 0.1) is 18.8 Å². The van der Waals surface area contributed by atoms with Gasteiger partial charge >= 0.3 is 0 Å². The number of nitrogens with zero attached hydrogens (tertiary/aromatic N) is 1. The molecule has 1 heterocycles. The van der Waals surface area contributed by atoms with Crippen molar-refractivity contribution in [3.63, 3.8) is 0 Å². The highest BCUT2D eigenvalue weighted by atomic mass is 79.9. The predicted molar refractivity (Wildman–Crippen MR) is 92.6 cm³/mol. The lowest BCUT2D eigenvalue weighted by Crippen LogP contribution is -2.37. The summed E-state index contributed by atoms with van der Waals surface area (Å²) in [5.74, 6) is 1.84. The highest BCUT2D eigenvalue weighted by molar-refractivity contribution is 9.10. The van der Waals surface area contributed by atoms with Crippen molar-refractivity contribution in [3.8, 4) is 0 Å². The van der Waals surface area contributed by atoms with Crippen LogP contribution in [0.25, 0.3) is 0 Å². The van der Waals surface area contributed by atoms with Gasteiger partial charge in [0.2, 0.25) is 0 Å². The average molecular weight is 351 g/mol. The van der Waals surface area contributed by atoms with Crippen molar-refractivity contribution in [2.45, 2.75) is 70.8 Å². The molecular weight excluding hydrogens is 324 g/mol. The van der Waals surface area contributed by atoms with Gasteiger partial charge in [-0.15, -0.1) is 0 Å². The molecule has 3 rings (SSSR count). The summed E-state index contributed by atoms with van der Waals surface area (Å²) < 4.78 is 0.959. The van der Waals surface area contributed by atoms with Crippen molar-refractivity contribution < 1.29 is 0 Å². The first-order chi connectivity index (χ1) is 10.2. The zero-order valence-corrected chi connectivity index (χ0v) is 14.7. The highest BCUT2D eigenvalue weighted by Crippen LogP contribution is 2.39. The summed E-state index contributed by atoms with van der Waals surface area (Å²) >= 11 is 3.49. The van der Waals surface area contributed by atoms with E-state index in [1.165, 1.54) is 69.0 Å². The van der Waals surface area contributed by atoms with Gasteiger partial charge < -0.3 is 5.32 Å². The van der Waals surface area contributed by atoms with Crippen LogP contribution in [0.1, 0.15) is 63.4 Å². The highest BCUT2D eigenvalue weighted by Gasteiger charge is 2.32. The van der Waals surface area contributed by atoms with E-state index in [-0.39, 0.29) is 0 Å². The summed E-state index contributed by atoms with van der Waals surface area (Å²) in [7, 11) is 0. The number of hydrogen-bond donors (Lipinski definition) is 1. The van der Waals surface area contributed by atoms with Crippen LogP contribution in [0.2, 0.25) is 0 Å². The molecule has 1 N–H and O–H groups in total. The van der Waals surface area contributed by atoms with Crippen molar-refractivity contribution in [1.82, 2.24) is 4.98 Å². The van der Waals surface area contributed by atoms with Gasteiger partial charge in [0.15, 0.2) is 0 Å². The molecule has 2 aliphatic carbocycles. The third-order valence-electron chi connectivity index (χ3n) is 5.44. The Bertz CT molecular complexity index is 468. The first kappa shape index (κ1) is 15.3. The van der Waals surface area contributed by atoms with Gasteiger partial charge in [-0.05, 0) is 59.2 Å². The second-order valence-corrected chi connectivity index (χ2v) is 7.68. The second kappa shape index (κ2) is 7.13. The number of pyridine rings is 1. The van der Waals surface area contributed by atoms with Crippen LogP contribution in [-0.2, 0) is 0 Å². The van der Waals surface area contributed by atoms with Crippen LogP contribution < -0.4 is 5.32 Å². The minimum absolute atomic E-state index is 0.657. The van der Waals surface area contributed by atoms with E-state index in [9.17, 15) is 0 Å². The summed E-state index contributed by atoms with van der Waals surface area (Å²) in [4.78, 5) is 4.44. The SMILES string of the molecule is Cc1cc(NC2CCCCC2C2CCCCC2)cnc1Br. The topological polar surface area (TPSA) is 24.9 Å². The van der Waals surface area contributed by atoms with E-state index in [4.69, 9.17) is 0 Å². The summed E-state index contributed by atoms with van der Waals surface area (Å²) in [5.41, 5.74) is 2.41. The minimum Gasteiger partial charge on any atom is -0.381 e. The number of aromatic nitrogens is 1. The van der Waals surface area contributed by atoms with Gasteiger partial charge in [-0.2, -0.15) is 0 Å². The maximum Gasteiger partial charge on any atom is 0.109 e. The molecule has 2 saturated carbocycles. The molecule has 0 aliphatic heterocycles. The lowest BCUT2D eigenvalue weighted by molar-refractivity contribution is 0.180. The Balaban J connectivity index is 1.69. The van der Waals surface area contributed by atoms with Crippen LogP contribution in [0.15, 0.2) is 16.9 Å². The minimum atomic E-state index is 0.657. The van der Waals surface area contributed by atoms with E-state index >= 15 is 0 Å². The molecule has 0 aromatic carbocycles. The number of anilines is 1. The molecule has 0 radical (unpaired) electrons. The van der Waals surface area contributed by atoms with Crippen molar-refractivity contribution in [2.75, 3.05) is 5.32 Å². The molecule has 2 atom stereocenters. The normalized spacial score (nSPS) is 27.5. The zero-order chi connectivity index (χ0) is 14.7. The molecule has 0 amide bonds. The standard InChI is InChI=1S/C18H27BrN2/c1-13-11-15(12-20-18(13)19)21-17-10-6-5-9-16(17)14-7-3-2-4-8-14/h11-12,14,16-17,21H,2-10H2,1H3. The Morgan fingerprint density at radius 2 is 1.76 bits per heavy atom. The van der Waals surface area contributed by atoms with Gasteiger partial charge in [0.1, 0.15) is 4.60 Å². The molecule has 2 unspecified atom stereocenters. The van der Waals surface area contributed by atoms with Crippen molar-refractivity contribution >= 4 is 21.6 Å². The molecule has 1 aromatic rings. The number of rotatable bonds is 3. The Labute approximate surface area is 137 Å². The second-order valence-electron chi connectivity index (χ2n) is 6.93. The van der Waals surface area contributed by atoms with Crippen molar-refractivity contribution in [1.29, 1.82) is 0 Å². The van der Waals surface area contributed by atoms with Gasteiger partial charge in [-0.3, -0.25) is 0 Å². The van der Waals surface area contributed by atoms with E-state index in [1.54, 1.807) is 0 Å². The van der Waals surface area contributed by atoms with Gasteiger partial charge in [0.05, 0.1) is 11.9 Å². The predicted octanol–water partition coefficient (Wildman–Crippen LogP) is 5.70. The maximum absolute atomic E-state index is 4.44. The lowest BCUT2D eigenvalue weighted by Gasteiger charge is -2.39. The van der Waals surface area contributed by atoms with Crippen molar-refractivity contribution in [3.05, 3.63) is 22.4 Å². The third-order valence-corrected chi connectivity index (χ3v) is 6.27. The number of aryl methyl sites for hydroxylation is 1. The Kier molecular flexibility index (Phi) is 5.20. The van der Waals surface area contributed by atoms with Crippen molar-refractivity contribution in [2.24, 2.45) is 11.8 Å². The summed E-state index contributed by atoms with van der Waals surface area (Å²) in [5, 5.41) is 3.81. The Morgan fingerprint density at radius 3 is 2.52 bits per heavy atom. The molecule has 1 aromatic heterocycles. The molecule has 3 heteroatoms. The molecule has 21 heavy (non-hydrogen) atoms. The van der Waals surface area contributed by atoms with Crippen LogP contribution in [0.5, 0.6) is 0 Å². The van der Waals surface area contributed by atoms with E-state index in [0.29, 0.717) is 6.04 Å². The zero-order valence-electron chi connectivity index (χ0n) is 13.1. The summed E-state index contributed by atoms with van der Waals surface area (Å²) in [6.07, 6.45) is 14.8. The number of hydrogen-bond acceptors (Lipinski definition) is 2. The fraction of sp³-hybridized carbons (Fsp3) is 0.722. The Hall–Kier alpha value is -0.570. The average Bonchev–Trinajstić information content (AvgIpc) is 2.52. The smallest absolute Gasteiger partial charge is 0.109 e. The van der Waals surface area contributed by atoms with Gasteiger partial charge in [0.25, 0.3) is 0 Å². The Morgan fingerprint density at radius 1 is 1.05 bits per heavy atom. The van der Waals surface area contributed by atoms with Gasteiger partial charge in [-0.25, -0.2) is 4.98 Å². The van der Waals surface area contributed by atoms with E-state index in [1.807, 2.05) is 6.20 Å². The van der Waals surface area contributed by atoms with E-state index in [2.05, 4.69) is 39.2 Å². The quantitative estimate of drug-likeness (QED) is 0.706. The van der Waals surface area contributed by atoms with Crippen LogP contribution in [0.4, 0.5) is 5.69 Å². The fourth-order valence-electron chi connectivity index (χ4n) is 4.32. The summed E-state index contributed by atoms with van der Waals surface area (Å²) in [6, 6.07) is 2.88. The van der Waals surface area contributed by atoms with Crippen LogP contribution in [0.3, 0.4) is 0 Å². The number of nitrogens with one attached hydrogen (secondary N) is 1. The molecule has 0 spiro atoms. The first-order valence-corrected chi connectivity index (χ1v) is 9.42. The first-order valence-electron chi connectivity index (χ1n) is 8.63. The van der Waals surface area contributed by atoms with E-state index < -0.39 is 0 Å². The molecule has 2 fully saturated rings. The lowest BCUT2D eigenvalue weighted by atomic mass is 9.71. The molecule has 2 aliphatic rings. The molecule has 0 saturated heterocycles. The molecular formula is C18H27BrN2. The molecule has 0 bridgehead atoms. The monoisotopic (exact) mass is 350 g/mol. The molecule has 116 valence electrons. The van der Waals surface area contributed by atoms with E-state index in [0.717, 1.165) is 16.4 Å².